The molecule has 2 aliphatic carbocycles. The van der Waals surface area contributed by atoms with Gasteiger partial charge in [-0.1, -0.05) is 37.5 Å². The molecule has 2 saturated carbocycles. The summed E-state index contributed by atoms with van der Waals surface area (Å²) < 4.78 is 0.196. The summed E-state index contributed by atoms with van der Waals surface area (Å²) >= 11 is 1.89. The van der Waals surface area contributed by atoms with Crippen molar-refractivity contribution in [2.24, 2.45) is 5.73 Å². The summed E-state index contributed by atoms with van der Waals surface area (Å²) in [4.78, 5) is 13.7. The first kappa shape index (κ1) is 14.9. The van der Waals surface area contributed by atoms with Crippen molar-refractivity contribution in [3.05, 3.63) is 30.3 Å². The van der Waals surface area contributed by atoms with Crippen molar-refractivity contribution in [3.8, 4) is 0 Å². The lowest BCUT2D eigenvalue weighted by atomic mass is 9.82. The molecular formula is C17H24N2OS. The normalized spacial score (nSPS) is 22.5. The van der Waals surface area contributed by atoms with Gasteiger partial charge in [-0.15, -0.1) is 11.8 Å². The number of hydrogen-bond acceptors (Lipinski definition) is 3. The van der Waals surface area contributed by atoms with Crippen molar-refractivity contribution < 1.29 is 4.79 Å². The van der Waals surface area contributed by atoms with Crippen LogP contribution in [0.2, 0.25) is 0 Å². The predicted octanol–water partition coefficient (Wildman–Crippen LogP) is 3.09. The molecule has 21 heavy (non-hydrogen) atoms. The molecule has 1 aromatic carbocycles. The number of thioether (sulfide) groups is 1. The standard InChI is InChI=1S/C17H24N2OS/c18-17(9-5-2-6-10-17)15(20)19-13-16(11-12-16)21-14-7-3-1-4-8-14/h1,3-4,7-8H,2,5-6,9-13,18H2,(H,19,20). The van der Waals surface area contributed by atoms with Crippen molar-refractivity contribution in [2.75, 3.05) is 6.54 Å². The summed E-state index contributed by atoms with van der Waals surface area (Å²) in [5.74, 6) is 0.0575. The van der Waals surface area contributed by atoms with Crippen molar-refractivity contribution in [1.29, 1.82) is 0 Å². The Morgan fingerprint density at radius 3 is 2.38 bits per heavy atom. The smallest absolute Gasteiger partial charge is 0.240 e. The maximum absolute atomic E-state index is 12.4. The van der Waals surface area contributed by atoms with Crippen LogP contribution in [0.5, 0.6) is 0 Å². The van der Waals surface area contributed by atoms with Crippen molar-refractivity contribution >= 4 is 17.7 Å². The summed E-state index contributed by atoms with van der Waals surface area (Å²) in [6.45, 7) is 0.740. The third-order valence-electron chi connectivity index (χ3n) is 4.65. The average Bonchev–Trinajstić information content (AvgIpc) is 3.26. The molecule has 3 rings (SSSR count). The molecule has 3 N–H and O–H groups in total. The number of amides is 1. The number of nitrogens with two attached hydrogens (primary N) is 1. The zero-order valence-electron chi connectivity index (χ0n) is 12.4. The van der Waals surface area contributed by atoms with E-state index in [2.05, 4.69) is 29.6 Å². The van der Waals surface area contributed by atoms with Gasteiger partial charge in [-0.3, -0.25) is 4.79 Å². The SMILES string of the molecule is NC1(C(=O)NCC2(Sc3ccccc3)CC2)CCCCC1. The van der Waals surface area contributed by atoms with Crippen molar-refractivity contribution in [2.45, 2.75) is 60.1 Å². The first-order valence-electron chi connectivity index (χ1n) is 7.93. The summed E-state index contributed by atoms with van der Waals surface area (Å²) in [6, 6.07) is 10.4. The lowest BCUT2D eigenvalue weighted by molar-refractivity contribution is -0.127. The second-order valence-corrected chi connectivity index (χ2v) is 8.04. The van der Waals surface area contributed by atoms with E-state index in [0.717, 1.165) is 32.2 Å². The molecule has 1 amide bonds. The fraction of sp³-hybridized carbons (Fsp3) is 0.588. The molecule has 2 fully saturated rings. The van der Waals surface area contributed by atoms with Gasteiger partial charge in [0.1, 0.15) is 0 Å². The van der Waals surface area contributed by atoms with Gasteiger partial charge >= 0.3 is 0 Å². The van der Waals surface area contributed by atoms with Crippen molar-refractivity contribution in [1.82, 2.24) is 5.32 Å². The van der Waals surface area contributed by atoms with Gasteiger partial charge in [0.25, 0.3) is 0 Å². The predicted molar refractivity (Wildman–Crippen MR) is 87.3 cm³/mol. The Morgan fingerprint density at radius 1 is 1.10 bits per heavy atom. The molecule has 1 aromatic rings. The summed E-state index contributed by atoms with van der Waals surface area (Å²) in [7, 11) is 0. The van der Waals surface area contributed by atoms with Gasteiger partial charge in [0.2, 0.25) is 5.91 Å². The maximum atomic E-state index is 12.4. The van der Waals surface area contributed by atoms with Gasteiger partial charge in [-0.05, 0) is 37.8 Å². The van der Waals surface area contributed by atoms with Crippen LogP contribution in [0, 0.1) is 0 Å². The van der Waals surface area contributed by atoms with Crippen LogP contribution in [-0.2, 0) is 4.79 Å². The molecule has 0 aromatic heterocycles. The van der Waals surface area contributed by atoms with Gasteiger partial charge in [0, 0.05) is 16.2 Å². The van der Waals surface area contributed by atoms with Crippen LogP contribution < -0.4 is 11.1 Å². The number of hydrogen-bond donors (Lipinski definition) is 2. The Labute approximate surface area is 131 Å². The monoisotopic (exact) mass is 304 g/mol. The molecule has 0 aliphatic heterocycles. The number of benzene rings is 1. The quantitative estimate of drug-likeness (QED) is 0.879. The summed E-state index contributed by atoms with van der Waals surface area (Å²) in [5.41, 5.74) is 5.67. The first-order chi connectivity index (χ1) is 10.1. The fourth-order valence-electron chi connectivity index (χ4n) is 3.02. The third kappa shape index (κ3) is 3.61. The minimum atomic E-state index is -0.619. The lowest BCUT2D eigenvalue weighted by Gasteiger charge is -2.32. The van der Waals surface area contributed by atoms with Gasteiger partial charge < -0.3 is 11.1 Å². The van der Waals surface area contributed by atoms with Gasteiger partial charge in [0.05, 0.1) is 5.54 Å². The van der Waals surface area contributed by atoms with Gasteiger partial charge in [-0.25, -0.2) is 0 Å². The number of rotatable bonds is 5. The van der Waals surface area contributed by atoms with E-state index in [1.54, 1.807) is 0 Å². The van der Waals surface area contributed by atoms with E-state index in [-0.39, 0.29) is 10.7 Å². The minimum absolute atomic E-state index is 0.0575. The molecule has 0 atom stereocenters. The van der Waals surface area contributed by atoms with Gasteiger partial charge in [-0.2, -0.15) is 0 Å². The minimum Gasteiger partial charge on any atom is -0.353 e. The largest absolute Gasteiger partial charge is 0.353 e. The highest BCUT2D eigenvalue weighted by atomic mass is 32.2. The first-order valence-corrected chi connectivity index (χ1v) is 8.75. The molecule has 114 valence electrons. The number of carbonyl (C=O) groups is 1. The number of nitrogens with one attached hydrogen (secondary N) is 1. The van der Waals surface area contributed by atoms with Crippen LogP contribution in [0.25, 0.3) is 0 Å². The maximum Gasteiger partial charge on any atom is 0.240 e. The molecule has 0 radical (unpaired) electrons. The zero-order chi connectivity index (χ0) is 14.8. The van der Waals surface area contributed by atoms with Gasteiger partial charge in [0.15, 0.2) is 0 Å². The van der Waals surface area contributed by atoms with E-state index in [0.29, 0.717) is 0 Å². The lowest BCUT2D eigenvalue weighted by Crippen LogP contribution is -2.56. The molecule has 0 saturated heterocycles. The van der Waals surface area contributed by atoms with E-state index in [1.165, 1.54) is 24.2 Å². The number of carbonyl (C=O) groups excluding carboxylic acids is 1. The van der Waals surface area contributed by atoms with E-state index < -0.39 is 5.54 Å². The van der Waals surface area contributed by atoms with E-state index in [9.17, 15) is 4.79 Å². The highest BCUT2D eigenvalue weighted by molar-refractivity contribution is 8.01. The van der Waals surface area contributed by atoms with E-state index >= 15 is 0 Å². The Balaban J connectivity index is 1.53. The molecule has 0 bridgehead atoms. The highest BCUT2D eigenvalue weighted by Crippen LogP contribution is 2.51. The molecule has 0 spiro atoms. The second-order valence-electron chi connectivity index (χ2n) is 6.50. The molecular weight excluding hydrogens is 280 g/mol. The van der Waals surface area contributed by atoms with Crippen LogP contribution in [-0.4, -0.2) is 22.7 Å². The third-order valence-corrected chi connectivity index (χ3v) is 6.15. The van der Waals surface area contributed by atoms with Crippen LogP contribution in [0.15, 0.2) is 35.2 Å². The second kappa shape index (κ2) is 6.01. The molecule has 0 heterocycles. The molecule has 4 heteroatoms. The Morgan fingerprint density at radius 2 is 1.76 bits per heavy atom. The molecule has 3 nitrogen and oxygen atoms in total. The van der Waals surface area contributed by atoms with E-state index in [4.69, 9.17) is 5.73 Å². The molecule has 0 unspecified atom stereocenters. The van der Waals surface area contributed by atoms with Crippen LogP contribution in [0.4, 0.5) is 0 Å². The summed E-state index contributed by atoms with van der Waals surface area (Å²) in [5, 5.41) is 3.13. The molecule has 2 aliphatic rings. The Hall–Kier alpha value is -1.00. The van der Waals surface area contributed by atoms with Crippen LogP contribution >= 0.6 is 11.8 Å². The fourth-order valence-corrected chi connectivity index (χ4v) is 4.26. The van der Waals surface area contributed by atoms with E-state index in [1.807, 2.05) is 17.8 Å². The summed E-state index contributed by atoms with van der Waals surface area (Å²) in [6.07, 6.45) is 7.37. The Bertz CT molecular complexity index is 493. The average molecular weight is 304 g/mol. The highest BCUT2D eigenvalue weighted by Gasteiger charge is 2.45. The van der Waals surface area contributed by atoms with Crippen LogP contribution in [0.3, 0.4) is 0 Å². The van der Waals surface area contributed by atoms with Crippen LogP contribution in [0.1, 0.15) is 44.9 Å². The topological polar surface area (TPSA) is 55.1 Å². The Kier molecular flexibility index (Phi) is 4.27. The van der Waals surface area contributed by atoms with Crippen molar-refractivity contribution in [3.63, 3.8) is 0 Å². The zero-order valence-corrected chi connectivity index (χ0v) is 13.3.